The third kappa shape index (κ3) is 4.30. The second-order valence-electron chi connectivity index (χ2n) is 3.86. The van der Waals surface area contributed by atoms with Crippen LogP contribution in [-0.4, -0.2) is 60.0 Å². The highest BCUT2D eigenvalue weighted by Crippen LogP contribution is 2.02. The van der Waals surface area contributed by atoms with Gasteiger partial charge in [-0.3, -0.25) is 19.4 Å². The highest BCUT2D eigenvalue weighted by atomic mass is 16.5. The standard InChI is InChI=1S/C12H15N3O5/c1-8-4-14-9(5-13-8)12(18)15(6-10(16)19-2)7-11(17)20-3/h4-5H,6-7H2,1-3H3. The maximum absolute atomic E-state index is 12.2. The number of carbonyl (C=O) groups excluding carboxylic acids is 3. The van der Waals surface area contributed by atoms with Crippen molar-refractivity contribution in [2.24, 2.45) is 0 Å². The fourth-order valence-corrected chi connectivity index (χ4v) is 1.31. The minimum atomic E-state index is -0.651. The molecule has 108 valence electrons. The first-order valence-corrected chi connectivity index (χ1v) is 5.69. The monoisotopic (exact) mass is 281 g/mol. The van der Waals surface area contributed by atoms with Crippen LogP contribution in [0.15, 0.2) is 12.4 Å². The molecule has 0 spiro atoms. The smallest absolute Gasteiger partial charge is 0.325 e. The van der Waals surface area contributed by atoms with E-state index < -0.39 is 17.8 Å². The van der Waals surface area contributed by atoms with Crippen LogP contribution in [0, 0.1) is 6.92 Å². The Labute approximate surface area is 115 Å². The molecular formula is C12H15N3O5. The molecule has 0 bridgehead atoms. The number of methoxy groups -OCH3 is 2. The molecule has 1 aromatic rings. The summed E-state index contributed by atoms with van der Waals surface area (Å²) in [5.41, 5.74) is 0.678. The number of aryl methyl sites for hydroxylation is 1. The molecule has 0 fully saturated rings. The summed E-state index contributed by atoms with van der Waals surface area (Å²) in [5, 5.41) is 0. The Morgan fingerprint density at radius 3 is 2.00 bits per heavy atom. The van der Waals surface area contributed by atoms with E-state index in [0.29, 0.717) is 5.69 Å². The minimum absolute atomic E-state index is 0.0309. The molecule has 0 aliphatic rings. The Bertz CT molecular complexity index is 482. The van der Waals surface area contributed by atoms with Crippen molar-refractivity contribution in [3.63, 3.8) is 0 Å². The van der Waals surface area contributed by atoms with E-state index in [1.807, 2.05) is 0 Å². The van der Waals surface area contributed by atoms with E-state index in [4.69, 9.17) is 0 Å². The second-order valence-corrected chi connectivity index (χ2v) is 3.86. The Hall–Kier alpha value is -2.51. The van der Waals surface area contributed by atoms with Crippen LogP contribution in [0.5, 0.6) is 0 Å². The number of nitrogens with zero attached hydrogens (tertiary/aromatic N) is 3. The maximum atomic E-state index is 12.2. The number of esters is 2. The number of hydrogen-bond donors (Lipinski definition) is 0. The fourth-order valence-electron chi connectivity index (χ4n) is 1.31. The van der Waals surface area contributed by atoms with Gasteiger partial charge in [-0.25, -0.2) is 4.98 Å². The summed E-state index contributed by atoms with van der Waals surface area (Å²) in [7, 11) is 2.38. The second kappa shape index (κ2) is 7.17. The van der Waals surface area contributed by atoms with Gasteiger partial charge in [-0.05, 0) is 6.92 Å². The minimum Gasteiger partial charge on any atom is -0.468 e. The molecule has 1 amide bonds. The third-order valence-electron chi connectivity index (χ3n) is 2.38. The van der Waals surface area contributed by atoms with Crippen LogP contribution in [0.25, 0.3) is 0 Å². The van der Waals surface area contributed by atoms with E-state index in [1.54, 1.807) is 6.92 Å². The molecule has 1 aromatic heterocycles. The molecule has 1 heterocycles. The first-order chi connectivity index (χ1) is 9.47. The van der Waals surface area contributed by atoms with Crippen molar-refractivity contribution >= 4 is 17.8 Å². The molecule has 20 heavy (non-hydrogen) atoms. The first kappa shape index (κ1) is 15.5. The van der Waals surface area contributed by atoms with E-state index in [2.05, 4.69) is 19.4 Å². The lowest BCUT2D eigenvalue weighted by molar-refractivity contribution is -0.144. The molecule has 0 saturated carbocycles. The third-order valence-corrected chi connectivity index (χ3v) is 2.38. The lowest BCUT2D eigenvalue weighted by atomic mass is 10.3. The molecule has 0 aromatic carbocycles. The van der Waals surface area contributed by atoms with Crippen molar-refractivity contribution in [2.75, 3.05) is 27.3 Å². The van der Waals surface area contributed by atoms with Gasteiger partial charge in [-0.15, -0.1) is 0 Å². The van der Waals surface area contributed by atoms with Gasteiger partial charge in [-0.2, -0.15) is 0 Å². The number of aromatic nitrogens is 2. The summed E-state index contributed by atoms with van der Waals surface area (Å²) in [6.07, 6.45) is 2.70. The average Bonchev–Trinajstić information content (AvgIpc) is 2.46. The number of hydrogen-bond acceptors (Lipinski definition) is 7. The van der Waals surface area contributed by atoms with Crippen LogP contribution in [-0.2, 0) is 19.1 Å². The van der Waals surface area contributed by atoms with Gasteiger partial charge >= 0.3 is 11.9 Å². The quantitative estimate of drug-likeness (QED) is 0.675. The van der Waals surface area contributed by atoms with Gasteiger partial charge in [0, 0.05) is 6.20 Å². The summed E-state index contributed by atoms with van der Waals surface area (Å²) in [5.74, 6) is -1.90. The largest absolute Gasteiger partial charge is 0.468 e. The summed E-state index contributed by atoms with van der Waals surface area (Å²) in [4.78, 5) is 43.6. The van der Waals surface area contributed by atoms with E-state index in [-0.39, 0.29) is 18.8 Å². The molecule has 0 saturated heterocycles. The zero-order valence-corrected chi connectivity index (χ0v) is 11.5. The molecule has 8 nitrogen and oxygen atoms in total. The van der Waals surface area contributed by atoms with Crippen molar-refractivity contribution in [1.82, 2.24) is 14.9 Å². The van der Waals surface area contributed by atoms with E-state index >= 15 is 0 Å². The van der Waals surface area contributed by atoms with Crippen LogP contribution in [0.3, 0.4) is 0 Å². The average molecular weight is 281 g/mol. The summed E-state index contributed by atoms with van der Waals surface area (Å²) < 4.78 is 8.96. The van der Waals surface area contributed by atoms with Crippen molar-refractivity contribution in [1.29, 1.82) is 0 Å². The predicted octanol–water partition coefficient (Wildman–Crippen LogP) is -0.427. The number of amides is 1. The van der Waals surface area contributed by atoms with Gasteiger partial charge in [0.2, 0.25) is 0 Å². The van der Waals surface area contributed by atoms with Crippen LogP contribution >= 0.6 is 0 Å². The molecule has 0 aliphatic heterocycles. The predicted molar refractivity (Wildman–Crippen MR) is 66.7 cm³/mol. The number of ether oxygens (including phenoxy) is 2. The Morgan fingerprint density at radius 2 is 1.60 bits per heavy atom. The van der Waals surface area contributed by atoms with Gasteiger partial charge in [0.25, 0.3) is 5.91 Å². The van der Waals surface area contributed by atoms with Crippen molar-refractivity contribution in [2.45, 2.75) is 6.92 Å². The van der Waals surface area contributed by atoms with Crippen LogP contribution < -0.4 is 0 Å². The van der Waals surface area contributed by atoms with Crippen LogP contribution in [0.4, 0.5) is 0 Å². The zero-order valence-electron chi connectivity index (χ0n) is 11.5. The van der Waals surface area contributed by atoms with Crippen LogP contribution in [0.1, 0.15) is 16.2 Å². The molecule has 0 aliphatic carbocycles. The number of carbonyl (C=O) groups is 3. The van der Waals surface area contributed by atoms with Crippen molar-refractivity contribution in [3.8, 4) is 0 Å². The molecule has 8 heteroatoms. The highest BCUT2D eigenvalue weighted by molar-refractivity contribution is 5.96. The summed E-state index contributed by atoms with van der Waals surface area (Å²) in [6.45, 7) is 0.974. The SMILES string of the molecule is COC(=O)CN(CC(=O)OC)C(=O)c1cnc(C)cn1. The van der Waals surface area contributed by atoms with Gasteiger partial charge < -0.3 is 14.4 Å². The van der Waals surface area contributed by atoms with E-state index in [0.717, 1.165) is 4.90 Å². The lowest BCUT2D eigenvalue weighted by Gasteiger charge is -2.19. The number of rotatable bonds is 5. The van der Waals surface area contributed by atoms with Crippen molar-refractivity contribution < 1.29 is 23.9 Å². The Morgan fingerprint density at radius 1 is 1.05 bits per heavy atom. The fraction of sp³-hybridized carbons (Fsp3) is 0.417. The Balaban J connectivity index is 2.90. The van der Waals surface area contributed by atoms with E-state index in [9.17, 15) is 14.4 Å². The van der Waals surface area contributed by atoms with Gasteiger partial charge in [0.1, 0.15) is 18.8 Å². The Kier molecular flexibility index (Phi) is 5.57. The summed E-state index contributed by atoms with van der Waals surface area (Å²) in [6, 6.07) is 0. The highest BCUT2D eigenvalue weighted by Gasteiger charge is 2.23. The molecule has 0 radical (unpaired) electrons. The van der Waals surface area contributed by atoms with Crippen molar-refractivity contribution in [3.05, 3.63) is 23.8 Å². The molecule has 0 N–H and O–H groups in total. The maximum Gasteiger partial charge on any atom is 0.325 e. The van der Waals surface area contributed by atoms with Gasteiger partial charge in [0.15, 0.2) is 0 Å². The summed E-state index contributed by atoms with van der Waals surface area (Å²) >= 11 is 0. The van der Waals surface area contributed by atoms with E-state index in [1.165, 1.54) is 26.6 Å². The molecule has 1 rings (SSSR count). The topological polar surface area (TPSA) is 98.7 Å². The molecule has 0 atom stereocenters. The lowest BCUT2D eigenvalue weighted by Crippen LogP contribution is -2.40. The van der Waals surface area contributed by atoms with Gasteiger partial charge in [0.05, 0.1) is 26.1 Å². The first-order valence-electron chi connectivity index (χ1n) is 5.69. The van der Waals surface area contributed by atoms with Gasteiger partial charge in [-0.1, -0.05) is 0 Å². The van der Waals surface area contributed by atoms with Crippen LogP contribution in [0.2, 0.25) is 0 Å². The molecular weight excluding hydrogens is 266 g/mol. The molecule has 0 unspecified atom stereocenters. The zero-order chi connectivity index (χ0) is 15.1. The normalized spacial score (nSPS) is 9.75.